The summed E-state index contributed by atoms with van der Waals surface area (Å²) in [4.78, 5) is 36.2. The van der Waals surface area contributed by atoms with Crippen molar-refractivity contribution in [2.75, 3.05) is 17.6 Å². The van der Waals surface area contributed by atoms with Crippen molar-refractivity contribution in [3.63, 3.8) is 0 Å². The third-order valence-corrected chi connectivity index (χ3v) is 3.90. The smallest absolute Gasteiger partial charge is 0.244 e. The Kier molecular flexibility index (Phi) is 4.39. The van der Waals surface area contributed by atoms with Crippen molar-refractivity contribution >= 4 is 35.2 Å². The Hall–Kier alpha value is -1.89. The van der Waals surface area contributed by atoms with Gasteiger partial charge in [0.1, 0.15) is 12.4 Å². The van der Waals surface area contributed by atoms with E-state index in [0.717, 1.165) is 11.0 Å². The summed E-state index contributed by atoms with van der Waals surface area (Å²) in [6.07, 6.45) is 0. The highest BCUT2D eigenvalue weighted by atomic mass is 32.2. The largest absolute Gasteiger partial charge is 0.324 e. The quantitative estimate of drug-likeness (QED) is 0.853. The van der Waals surface area contributed by atoms with E-state index >= 15 is 0 Å². The predicted molar refractivity (Wildman–Crippen MR) is 73.7 cm³/mol. The molecule has 0 spiro atoms. The molecule has 1 aromatic carbocycles. The van der Waals surface area contributed by atoms with E-state index in [4.69, 9.17) is 0 Å². The Morgan fingerprint density at radius 2 is 2.25 bits per heavy atom. The SMILES string of the molecule is CC1SCC(=O)N(CC(=O)Nc2cccc(F)c2)C1=O. The van der Waals surface area contributed by atoms with Crippen LogP contribution in [0.25, 0.3) is 0 Å². The van der Waals surface area contributed by atoms with Crippen LogP contribution in [0.1, 0.15) is 6.92 Å². The van der Waals surface area contributed by atoms with Crippen LogP contribution in [0.4, 0.5) is 10.1 Å². The number of rotatable bonds is 3. The van der Waals surface area contributed by atoms with Crippen molar-refractivity contribution in [2.24, 2.45) is 0 Å². The Bertz CT molecular complexity index is 564. The lowest BCUT2D eigenvalue weighted by molar-refractivity contribution is -0.145. The first-order valence-electron chi connectivity index (χ1n) is 5.98. The van der Waals surface area contributed by atoms with E-state index < -0.39 is 11.7 Å². The third kappa shape index (κ3) is 3.36. The van der Waals surface area contributed by atoms with E-state index in [0.29, 0.717) is 0 Å². The van der Waals surface area contributed by atoms with Crippen LogP contribution in [0, 0.1) is 5.82 Å². The fourth-order valence-corrected chi connectivity index (χ4v) is 2.58. The van der Waals surface area contributed by atoms with Crippen LogP contribution >= 0.6 is 11.8 Å². The second-order valence-electron chi connectivity index (χ2n) is 4.33. The molecule has 1 N–H and O–H groups in total. The first-order chi connectivity index (χ1) is 9.47. The lowest BCUT2D eigenvalue weighted by Crippen LogP contribution is -2.49. The first-order valence-corrected chi connectivity index (χ1v) is 7.03. The highest BCUT2D eigenvalue weighted by molar-refractivity contribution is 8.01. The van der Waals surface area contributed by atoms with Gasteiger partial charge in [-0.1, -0.05) is 6.07 Å². The van der Waals surface area contributed by atoms with Crippen LogP contribution in [0.3, 0.4) is 0 Å². The number of imide groups is 1. The van der Waals surface area contributed by atoms with Gasteiger partial charge in [-0.15, -0.1) is 11.8 Å². The predicted octanol–water partition coefficient (Wildman–Crippen LogP) is 1.25. The molecule has 0 radical (unpaired) electrons. The first kappa shape index (κ1) is 14.5. The van der Waals surface area contributed by atoms with Gasteiger partial charge in [-0.2, -0.15) is 0 Å². The van der Waals surface area contributed by atoms with Gasteiger partial charge in [0, 0.05) is 5.69 Å². The fraction of sp³-hybridized carbons (Fsp3) is 0.308. The Morgan fingerprint density at radius 3 is 2.95 bits per heavy atom. The lowest BCUT2D eigenvalue weighted by atomic mass is 10.3. The molecule has 1 aliphatic heterocycles. The van der Waals surface area contributed by atoms with Crippen LogP contribution in [0.5, 0.6) is 0 Å². The molecule has 0 aromatic heterocycles. The maximum absolute atomic E-state index is 13.0. The van der Waals surface area contributed by atoms with Gasteiger partial charge in [-0.05, 0) is 25.1 Å². The third-order valence-electron chi connectivity index (χ3n) is 2.78. The monoisotopic (exact) mass is 296 g/mol. The maximum Gasteiger partial charge on any atom is 0.244 e. The number of anilines is 1. The number of benzene rings is 1. The van der Waals surface area contributed by atoms with Gasteiger partial charge in [-0.25, -0.2) is 4.39 Å². The van der Waals surface area contributed by atoms with E-state index in [-0.39, 0.29) is 35.0 Å². The maximum atomic E-state index is 13.0. The number of thioether (sulfide) groups is 1. The number of hydrogen-bond donors (Lipinski definition) is 1. The average Bonchev–Trinajstić information content (AvgIpc) is 2.39. The Balaban J connectivity index is 2.00. The van der Waals surface area contributed by atoms with E-state index in [1.807, 2.05) is 0 Å². The number of nitrogens with one attached hydrogen (secondary N) is 1. The summed E-state index contributed by atoms with van der Waals surface area (Å²) in [7, 11) is 0. The second kappa shape index (κ2) is 6.04. The van der Waals surface area contributed by atoms with Crippen molar-refractivity contribution in [2.45, 2.75) is 12.2 Å². The van der Waals surface area contributed by atoms with E-state index in [1.165, 1.54) is 30.0 Å². The molecule has 5 nitrogen and oxygen atoms in total. The van der Waals surface area contributed by atoms with Gasteiger partial charge in [-0.3, -0.25) is 19.3 Å². The molecule has 1 saturated heterocycles. The minimum atomic E-state index is -0.531. The number of halogens is 1. The zero-order valence-corrected chi connectivity index (χ0v) is 11.6. The summed E-state index contributed by atoms with van der Waals surface area (Å²) in [6, 6.07) is 5.41. The van der Waals surface area contributed by atoms with E-state index in [2.05, 4.69) is 5.32 Å². The van der Waals surface area contributed by atoms with Gasteiger partial charge in [0.2, 0.25) is 17.7 Å². The van der Waals surface area contributed by atoms with Crippen LogP contribution in [0.2, 0.25) is 0 Å². The van der Waals surface area contributed by atoms with Gasteiger partial charge in [0.15, 0.2) is 0 Å². The molecule has 1 heterocycles. The van der Waals surface area contributed by atoms with Crippen LogP contribution in [-0.4, -0.2) is 40.2 Å². The summed E-state index contributed by atoms with van der Waals surface area (Å²) in [6.45, 7) is 1.34. The van der Waals surface area contributed by atoms with Crippen molar-refractivity contribution in [3.05, 3.63) is 30.1 Å². The van der Waals surface area contributed by atoms with Crippen molar-refractivity contribution in [1.29, 1.82) is 0 Å². The molecule has 1 fully saturated rings. The average molecular weight is 296 g/mol. The number of carbonyl (C=O) groups is 3. The second-order valence-corrected chi connectivity index (χ2v) is 5.66. The van der Waals surface area contributed by atoms with Crippen molar-refractivity contribution in [1.82, 2.24) is 4.90 Å². The molecular formula is C13H13FN2O3S. The molecule has 106 valence electrons. The van der Waals surface area contributed by atoms with Crippen molar-refractivity contribution < 1.29 is 18.8 Å². The summed E-state index contributed by atoms with van der Waals surface area (Å²) >= 11 is 1.25. The van der Waals surface area contributed by atoms with Gasteiger partial charge in [0.05, 0.1) is 11.0 Å². The van der Waals surface area contributed by atoms with Crippen LogP contribution in [-0.2, 0) is 14.4 Å². The number of carbonyl (C=O) groups excluding carboxylic acids is 3. The topological polar surface area (TPSA) is 66.5 Å². The number of amides is 3. The number of nitrogens with zero attached hydrogens (tertiary/aromatic N) is 1. The molecule has 3 amide bonds. The highest BCUT2D eigenvalue weighted by Crippen LogP contribution is 2.20. The van der Waals surface area contributed by atoms with Gasteiger partial charge >= 0.3 is 0 Å². The minimum absolute atomic E-state index is 0.181. The fourth-order valence-electron chi connectivity index (χ4n) is 1.76. The van der Waals surface area contributed by atoms with Crippen LogP contribution < -0.4 is 5.32 Å². The van der Waals surface area contributed by atoms with Crippen LogP contribution in [0.15, 0.2) is 24.3 Å². The normalized spacial score (nSPS) is 19.1. The molecule has 0 saturated carbocycles. The number of hydrogen-bond acceptors (Lipinski definition) is 4. The molecule has 2 rings (SSSR count). The Morgan fingerprint density at radius 1 is 1.50 bits per heavy atom. The highest BCUT2D eigenvalue weighted by Gasteiger charge is 2.33. The molecule has 7 heteroatoms. The zero-order chi connectivity index (χ0) is 14.7. The standard InChI is InChI=1S/C13H13FN2O3S/c1-8-13(19)16(12(18)7-20-8)6-11(17)15-10-4-2-3-9(14)5-10/h2-5,8H,6-7H2,1H3,(H,15,17). The molecule has 1 unspecified atom stereocenters. The van der Waals surface area contributed by atoms with Gasteiger partial charge in [0.25, 0.3) is 0 Å². The summed E-state index contributed by atoms with van der Waals surface area (Å²) in [5.41, 5.74) is 0.286. The van der Waals surface area contributed by atoms with Gasteiger partial charge < -0.3 is 5.32 Å². The molecule has 0 aliphatic carbocycles. The molecule has 1 aliphatic rings. The Labute approximate surface area is 119 Å². The summed E-state index contributed by atoms with van der Waals surface area (Å²) in [5, 5.41) is 2.12. The summed E-state index contributed by atoms with van der Waals surface area (Å²) in [5.74, 6) is -1.58. The van der Waals surface area contributed by atoms with E-state index in [1.54, 1.807) is 6.92 Å². The summed E-state index contributed by atoms with van der Waals surface area (Å²) < 4.78 is 13.0. The molecule has 1 aromatic rings. The molecular weight excluding hydrogens is 283 g/mol. The lowest BCUT2D eigenvalue weighted by Gasteiger charge is -2.27. The van der Waals surface area contributed by atoms with Crippen molar-refractivity contribution in [3.8, 4) is 0 Å². The minimum Gasteiger partial charge on any atom is -0.324 e. The van der Waals surface area contributed by atoms with E-state index in [9.17, 15) is 18.8 Å². The molecule has 1 atom stereocenters. The molecule has 20 heavy (non-hydrogen) atoms. The molecule has 0 bridgehead atoms. The zero-order valence-electron chi connectivity index (χ0n) is 10.8.